The van der Waals surface area contributed by atoms with Gasteiger partial charge in [0.2, 0.25) is 15.9 Å². The number of amides is 1. The molecule has 0 aliphatic carbocycles. The minimum atomic E-state index is -4.63. The van der Waals surface area contributed by atoms with Crippen LogP contribution in [-0.4, -0.2) is 60.4 Å². The molecular formula is C27H29F3N4O5S2. The summed E-state index contributed by atoms with van der Waals surface area (Å²) in [4.78, 5) is 30.6. The van der Waals surface area contributed by atoms with E-state index < -0.39 is 39.7 Å². The lowest BCUT2D eigenvalue weighted by Crippen LogP contribution is -2.60. The molecule has 9 nitrogen and oxygen atoms in total. The number of aromatic carboxylic acids is 1. The zero-order valence-electron chi connectivity index (χ0n) is 22.5. The molecule has 1 fully saturated rings. The molecule has 1 amide bonds. The molecule has 3 aromatic rings. The summed E-state index contributed by atoms with van der Waals surface area (Å²) in [6.45, 7) is 5.56. The van der Waals surface area contributed by atoms with Gasteiger partial charge >= 0.3 is 12.1 Å². The number of carbonyl (C=O) groups excluding carboxylic acids is 1. The molecule has 0 bridgehead atoms. The molecule has 1 aliphatic heterocycles. The van der Waals surface area contributed by atoms with E-state index in [1.165, 1.54) is 0 Å². The van der Waals surface area contributed by atoms with Gasteiger partial charge in [0.25, 0.3) is 0 Å². The fourth-order valence-electron chi connectivity index (χ4n) is 4.44. The molecular weight excluding hydrogens is 581 g/mol. The van der Waals surface area contributed by atoms with Crippen LogP contribution in [0.25, 0.3) is 0 Å². The van der Waals surface area contributed by atoms with Crippen LogP contribution in [0.4, 0.5) is 18.3 Å². The first-order valence-corrected chi connectivity index (χ1v) is 15.0. The molecule has 2 aromatic carbocycles. The van der Waals surface area contributed by atoms with Crippen LogP contribution >= 0.6 is 11.3 Å². The maximum Gasteiger partial charge on any atom is 0.416 e. The number of aryl methyl sites for hydroxylation is 1. The van der Waals surface area contributed by atoms with Crippen molar-refractivity contribution >= 4 is 38.4 Å². The van der Waals surface area contributed by atoms with E-state index in [0.717, 1.165) is 38.9 Å². The Morgan fingerprint density at radius 2 is 1.73 bits per heavy atom. The first kappa shape index (κ1) is 30.5. The second kappa shape index (κ2) is 11.8. The molecule has 2 N–H and O–H groups in total. The average Bonchev–Trinajstić information content (AvgIpc) is 3.33. The van der Waals surface area contributed by atoms with Crippen molar-refractivity contribution in [1.29, 1.82) is 0 Å². The van der Waals surface area contributed by atoms with Crippen LogP contribution in [-0.2, 0) is 27.5 Å². The molecule has 1 saturated heterocycles. The summed E-state index contributed by atoms with van der Waals surface area (Å²) in [6, 6.07) is 9.48. The summed E-state index contributed by atoms with van der Waals surface area (Å²) < 4.78 is 67.3. The van der Waals surface area contributed by atoms with Gasteiger partial charge < -0.3 is 15.3 Å². The number of alkyl halides is 3. The molecule has 220 valence electrons. The lowest BCUT2D eigenvalue weighted by molar-refractivity contribution is -0.137. The van der Waals surface area contributed by atoms with Crippen LogP contribution in [0.5, 0.6) is 0 Å². The average molecular weight is 611 g/mol. The van der Waals surface area contributed by atoms with Gasteiger partial charge in [0.1, 0.15) is 10.9 Å². The Balaban J connectivity index is 1.61. The number of nitrogens with one attached hydrogen (secondary N) is 1. The van der Waals surface area contributed by atoms with E-state index in [-0.39, 0.29) is 36.0 Å². The van der Waals surface area contributed by atoms with E-state index in [4.69, 9.17) is 0 Å². The molecule has 0 radical (unpaired) electrons. The lowest BCUT2D eigenvalue weighted by Gasteiger charge is -2.39. The van der Waals surface area contributed by atoms with E-state index in [2.05, 4.69) is 24.1 Å². The number of hydrogen-bond donors (Lipinski definition) is 2. The molecule has 4 rings (SSSR count). The standard InChI is InChI=1S/C27H29F3N4O5S2/c1-16(2)19-6-4-18(5-7-19)14-31-24(35)22-15-33(26-32-17(3)23(40-26)25(36)37)12-13-34(22)41(38,39)21-10-8-20(9-11-21)27(28,29)30/h4-11,16,22H,12-15H2,1-3H3,(H,31,35)(H,36,37). The summed E-state index contributed by atoms with van der Waals surface area (Å²) in [5.41, 5.74) is 1.22. The highest BCUT2D eigenvalue weighted by Crippen LogP contribution is 2.32. The minimum Gasteiger partial charge on any atom is -0.477 e. The Labute approximate surface area is 239 Å². The molecule has 1 aromatic heterocycles. The third-order valence-corrected chi connectivity index (χ3v) is 9.91. The largest absolute Gasteiger partial charge is 0.477 e. The predicted octanol–water partition coefficient (Wildman–Crippen LogP) is 4.49. The normalized spacial score (nSPS) is 16.7. The summed E-state index contributed by atoms with van der Waals surface area (Å²) in [5, 5.41) is 12.5. The smallest absolute Gasteiger partial charge is 0.416 e. The number of nitrogens with zero attached hydrogens (tertiary/aromatic N) is 3. The van der Waals surface area contributed by atoms with Crippen LogP contribution < -0.4 is 10.2 Å². The number of sulfonamides is 1. The Hall–Kier alpha value is -3.49. The van der Waals surface area contributed by atoms with Gasteiger partial charge in [0.15, 0.2) is 5.13 Å². The Morgan fingerprint density at radius 3 is 2.27 bits per heavy atom. The van der Waals surface area contributed by atoms with Crippen LogP contribution in [0.15, 0.2) is 53.4 Å². The number of carboxylic acids is 1. The second-order valence-corrected chi connectivity index (χ2v) is 12.8. The number of aromatic nitrogens is 1. The highest BCUT2D eigenvalue weighted by Gasteiger charge is 2.41. The van der Waals surface area contributed by atoms with Gasteiger partial charge in [-0.2, -0.15) is 17.5 Å². The second-order valence-electron chi connectivity index (χ2n) is 9.93. The molecule has 1 aliphatic rings. The topological polar surface area (TPSA) is 120 Å². The van der Waals surface area contributed by atoms with Crippen molar-refractivity contribution in [1.82, 2.24) is 14.6 Å². The number of thiazole rings is 1. The molecule has 1 atom stereocenters. The van der Waals surface area contributed by atoms with Crippen LogP contribution in [0.3, 0.4) is 0 Å². The minimum absolute atomic E-state index is 0.0330. The fraction of sp³-hybridized carbons (Fsp3) is 0.370. The van der Waals surface area contributed by atoms with Gasteiger partial charge in [-0.15, -0.1) is 0 Å². The van der Waals surface area contributed by atoms with E-state index in [9.17, 15) is 36.3 Å². The van der Waals surface area contributed by atoms with Crippen LogP contribution in [0.2, 0.25) is 0 Å². The molecule has 2 heterocycles. The highest BCUT2D eigenvalue weighted by molar-refractivity contribution is 7.89. The van der Waals surface area contributed by atoms with Gasteiger partial charge in [-0.3, -0.25) is 4.79 Å². The summed E-state index contributed by atoms with van der Waals surface area (Å²) in [7, 11) is -4.37. The van der Waals surface area contributed by atoms with E-state index in [1.54, 1.807) is 11.8 Å². The summed E-state index contributed by atoms with van der Waals surface area (Å²) >= 11 is 0.920. The van der Waals surface area contributed by atoms with Gasteiger partial charge in [0.05, 0.1) is 16.2 Å². The van der Waals surface area contributed by atoms with Crippen LogP contribution in [0.1, 0.15) is 51.8 Å². The number of halogens is 3. The first-order chi connectivity index (χ1) is 19.2. The third-order valence-electron chi connectivity index (χ3n) is 6.79. The van der Waals surface area contributed by atoms with Gasteiger partial charge in [-0.05, 0) is 48.2 Å². The Morgan fingerprint density at radius 1 is 1.10 bits per heavy atom. The number of piperazine rings is 1. The van der Waals surface area contributed by atoms with Crippen molar-refractivity contribution in [3.63, 3.8) is 0 Å². The van der Waals surface area contributed by atoms with Crippen molar-refractivity contribution in [2.75, 3.05) is 24.5 Å². The lowest BCUT2D eigenvalue weighted by atomic mass is 10.0. The Bertz CT molecular complexity index is 1520. The molecule has 14 heteroatoms. The van der Waals surface area contributed by atoms with Gasteiger partial charge in [-0.25, -0.2) is 18.2 Å². The molecule has 41 heavy (non-hydrogen) atoms. The van der Waals surface area contributed by atoms with Crippen molar-refractivity contribution in [2.24, 2.45) is 0 Å². The maximum atomic E-state index is 13.6. The Kier molecular flexibility index (Phi) is 8.76. The number of benzene rings is 2. The van der Waals surface area contributed by atoms with E-state index in [1.807, 2.05) is 24.3 Å². The number of anilines is 1. The molecule has 0 saturated carbocycles. The molecule has 1 unspecified atom stereocenters. The number of hydrogen-bond acceptors (Lipinski definition) is 7. The number of rotatable bonds is 8. The third kappa shape index (κ3) is 6.71. The van der Waals surface area contributed by atoms with Gasteiger partial charge in [-0.1, -0.05) is 49.4 Å². The van der Waals surface area contributed by atoms with Crippen molar-refractivity contribution < 1.29 is 36.3 Å². The quantitative estimate of drug-likeness (QED) is 0.386. The SMILES string of the molecule is Cc1nc(N2CCN(S(=O)(=O)c3ccc(C(F)(F)F)cc3)C(C(=O)NCc3ccc(C(C)C)cc3)C2)sc1C(=O)O. The summed E-state index contributed by atoms with van der Waals surface area (Å²) in [5.74, 6) is -1.43. The zero-order valence-corrected chi connectivity index (χ0v) is 24.1. The summed E-state index contributed by atoms with van der Waals surface area (Å²) in [6.07, 6.45) is -4.63. The molecule has 0 spiro atoms. The fourth-order valence-corrected chi connectivity index (χ4v) is 6.95. The van der Waals surface area contributed by atoms with Crippen molar-refractivity contribution in [3.05, 3.63) is 75.8 Å². The predicted molar refractivity (Wildman–Crippen MR) is 148 cm³/mol. The highest BCUT2D eigenvalue weighted by atomic mass is 32.2. The first-order valence-electron chi connectivity index (χ1n) is 12.7. The van der Waals surface area contributed by atoms with Crippen molar-refractivity contribution in [3.8, 4) is 0 Å². The number of carboxylic acid groups (broad SMARTS) is 1. The van der Waals surface area contributed by atoms with Crippen molar-refractivity contribution in [2.45, 2.75) is 50.3 Å². The number of carbonyl (C=O) groups is 2. The van der Waals surface area contributed by atoms with E-state index >= 15 is 0 Å². The zero-order chi connectivity index (χ0) is 30.1. The van der Waals surface area contributed by atoms with E-state index in [0.29, 0.717) is 28.9 Å². The van der Waals surface area contributed by atoms with Crippen LogP contribution in [0, 0.1) is 6.92 Å². The van der Waals surface area contributed by atoms with Gasteiger partial charge in [0, 0.05) is 26.2 Å². The maximum absolute atomic E-state index is 13.6. The monoisotopic (exact) mass is 610 g/mol.